The molecule has 0 aliphatic heterocycles. The highest BCUT2D eigenvalue weighted by atomic mass is 16.5. The summed E-state index contributed by atoms with van der Waals surface area (Å²) in [4.78, 5) is 13.1. The van der Waals surface area contributed by atoms with Crippen molar-refractivity contribution in [3.63, 3.8) is 0 Å². The van der Waals surface area contributed by atoms with Crippen molar-refractivity contribution in [2.75, 3.05) is 26.8 Å². The molecule has 15 heavy (non-hydrogen) atoms. The van der Waals surface area contributed by atoms with Crippen LogP contribution in [0.2, 0.25) is 0 Å². The van der Waals surface area contributed by atoms with Crippen molar-refractivity contribution in [1.82, 2.24) is 4.90 Å². The van der Waals surface area contributed by atoms with Crippen LogP contribution >= 0.6 is 0 Å². The van der Waals surface area contributed by atoms with Gasteiger partial charge in [-0.15, -0.1) is 0 Å². The minimum absolute atomic E-state index is 0.398. The van der Waals surface area contributed by atoms with Crippen LogP contribution in [0.3, 0.4) is 0 Å². The van der Waals surface area contributed by atoms with Gasteiger partial charge in [0.1, 0.15) is 6.04 Å². The first-order valence-corrected chi connectivity index (χ1v) is 5.63. The summed E-state index contributed by atoms with van der Waals surface area (Å²) in [5.41, 5.74) is 0. The van der Waals surface area contributed by atoms with Crippen LogP contribution in [0.15, 0.2) is 0 Å². The number of carboxylic acid groups (broad SMARTS) is 1. The molecular weight excluding hydrogens is 194 g/mol. The lowest BCUT2D eigenvalue weighted by Gasteiger charge is -2.27. The molecule has 0 aromatic rings. The highest BCUT2D eigenvalue weighted by molar-refractivity contribution is 5.73. The molecule has 0 rings (SSSR count). The molecule has 0 aromatic heterocycles. The van der Waals surface area contributed by atoms with Crippen LogP contribution in [0.1, 0.15) is 33.1 Å². The molecule has 0 heterocycles. The predicted octanol–water partition coefficient (Wildman–Crippen LogP) is 1.60. The molecular formula is C11H23NO3. The Labute approximate surface area is 92.2 Å². The largest absolute Gasteiger partial charge is 0.480 e. The Kier molecular flexibility index (Phi) is 8.33. The third kappa shape index (κ3) is 5.74. The second-order valence-corrected chi connectivity index (χ2v) is 3.67. The van der Waals surface area contributed by atoms with E-state index in [1.165, 1.54) is 0 Å². The van der Waals surface area contributed by atoms with Crippen molar-refractivity contribution in [2.24, 2.45) is 0 Å². The minimum atomic E-state index is -0.742. The quantitative estimate of drug-likeness (QED) is 0.637. The first kappa shape index (κ1) is 14.4. The van der Waals surface area contributed by atoms with Crippen molar-refractivity contribution in [3.05, 3.63) is 0 Å². The molecule has 0 aliphatic carbocycles. The van der Waals surface area contributed by atoms with E-state index in [0.29, 0.717) is 13.0 Å². The molecule has 0 amide bonds. The van der Waals surface area contributed by atoms with Crippen molar-refractivity contribution >= 4 is 5.97 Å². The van der Waals surface area contributed by atoms with E-state index >= 15 is 0 Å². The van der Waals surface area contributed by atoms with Crippen LogP contribution in [0, 0.1) is 0 Å². The number of carboxylic acids is 1. The van der Waals surface area contributed by atoms with Gasteiger partial charge in [0.2, 0.25) is 0 Å². The Bertz CT molecular complexity index is 167. The van der Waals surface area contributed by atoms with Crippen LogP contribution < -0.4 is 0 Å². The molecule has 0 saturated heterocycles. The normalized spacial score (nSPS) is 13.1. The van der Waals surface area contributed by atoms with Crippen molar-refractivity contribution in [1.29, 1.82) is 0 Å². The molecule has 1 N–H and O–H groups in total. The zero-order chi connectivity index (χ0) is 11.7. The summed E-state index contributed by atoms with van der Waals surface area (Å²) in [6.07, 6.45) is 2.53. The van der Waals surface area contributed by atoms with E-state index in [-0.39, 0.29) is 0 Å². The molecule has 1 unspecified atom stereocenters. The van der Waals surface area contributed by atoms with Gasteiger partial charge in [0.05, 0.1) is 0 Å². The first-order chi connectivity index (χ1) is 7.17. The maximum Gasteiger partial charge on any atom is 0.321 e. The van der Waals surface area contributed by atoms with Gasteiger partial charge in [-0.25, -0.2) is 0 Å². The maximum atomic E-state index is 11.1. The van der Waals surface area contributed by atoms with E-state index < -0.39 is 12.0 Å². The summed E-state index contributed by atoms with van der Waals surface area (Å²) >= 11 is 0. The van der Waals surface area contributed by atoms with Gasteiger partial charge in [0, 0.05) is 13.7 Å². The van der Waals surface area contributed by atoms with Gasteiger partial charge >= 0.3 is 5.97 Å². The summed E-state index contributed by atoms with van der Waals surface area (Å²) in [6, 6.07) is -0.398. The fourth-order valence-electron chi connectivity index (χ4n) is 1.69. The number of hydrogen-bond acceptors (Lipinski definition) is 3. The zero-order valence-electron chi connectivity index (χ0n) is 10.0. The van der Waals surface area contributed by atoms with Gasteiger partial charge in [-0.1, -0.05) is 13.8 Å². The lowest BCUT2D eigenvalue weighted by molar-refractivity contribution is -0.144. The van der Waals surface area contributed by atoms with E-state index in [9.17, 15) is 4.79 Å². The predicted molar refractivity (Wildman–Crippen MR) is 60.1 cm³/mol. The average molecular weight is 217 g/mol. The van der Waals surface area contributed by atoms with Crippen LogP contribution in [-0.2, 0) is 9.53 Å². The smallest absolute Gasteiger partial charge is 0.321 e. The molecule has 0 fully saturated rings. The number of nitrogens with zero attached hydrogens (tertiary/aromatic N) is 1. The summed E-state index contributed by atoms with van der Waals surface area (Å²) in [7, 11) is 1.60. The molecule has 0 radical (unpaired) electrons. The van der Waals surface area contributed by atoms with Gasteiger partial charge < -0.3 is 9.84 Å². The van der Waals surface area contributed by atoms with Crippen LogP contribution in [-0.4, -0.2) is 48.8 Å². The monoisotopic (exact) mass is 217 g/mol. The molecule has 0 aromatic carbocycles. The second kappa shape index (κ2) is 8.68. The summed E-state index contributed by atoms with van der Waals surface area (Å²) in [5, 5.41) is 9.13. The van der Waals surface area contributed by atoms with E-state index in [0.717, 1.165) is 25.9 Å². The average Bonchev–Trinajstić information content (AvgIpc) is 2.18. The van der Waals surface area contributed by atoms with E-state index in [2.05, 4.69) is 13.8 Å². The number of hydrogen-bond donors (Lipinski definition) is 1. The first-order valence-electron chi connectivity index (χ1n) is 5.63. The highest BCUT2D eigenvalue weighted by Gasteiger charge is 2.23. The number of ether oxygens (including phenoxy) is 1. The lowest BCUT2D eigenvalue weighted by atomic mass is 10.1. The van der Waals surface area contributed by atoms with Gasteiger partial charge in [-0.2, -0.15) is 0 Å². The van der Waals surface area contributed by atoms with Gasteiger partial charge in [-0.05, 0) is 32.4 Å². The van der Waals surface area contributed by atoms with Crippen LogP contribution in [0.5, 0.6) is 0 Å². The van der Waals surface area contributed by atoms with E-state index in [4.69, 9.17) is 9.84 Å². The van der Waals surface area contributed by atoms with Gasteiger partial charge in [0.25, 0.3) is 0 Å². The molecule has 1 atom stereocenters. The number of methoxy groups -OCH3 is 1. The molecule has 0 aliphatic rings. The summed E-state index contributed by atoms with van der Waals surface area (Å²) in [5.74, 6) is -0.742. The SMILES string of the molecule is CCCN(CCC)C(CCOC)C(=O)O. The zero-order valence-corrected chi connectivity index (χ0v) is 10.0. The fraction of sp³-hybridized carbons (Fsp3) is 0.909. The Morgan fingerprint density at radius 3 is 2.20 bits per heavy atom. The Balaban J connectivity index is 4.30. The summed E-state index contributed by atoms with van der Waals surface area (Å²) in [6.45, 7) is 6.32. The minimum Gasteiger partial charge on any atom is -0.480 e. The van der Waals surface area contributed by atoms with E-state index in [1.807, 2.05) is 4.90 Å². The molecule has 90 valence electrons. The molecule has 0 spiro atoms. The van der Waals surface area contributed by atoms with Crippen molar-refractivity contribution in [3.8, 4) is 0 Å². The third-order valence-electron chi connectivity index (χ3n) is 2.34. The summed E-state index contributed by atoms with van der Waals surface area (Å²) < 4.78 is 4.94. The van der Waals surface area contributed by atoms with Gasteiger partial charge in [0.15, 0.2) is 0 Å². The number of rotatable bonds is 9. The highest BCUT2D eigenvalue weighted by Crippen LogP contribution is 2.07. The third-order valence-corrected chi connectivity index (χ3v) is 2.34. The van der Waals surface area contributed by atoms with Crippen molar-refractivity contribution in [2.45, 2.75) is 39.2 Å². The number of aliphatic carboxylic acids is 1. The topological polar surface area (TPSA) is 49.8 Å². The Morgan fingerprint density at radius 2 is 1.87 bits per heavy atom. The van der Waals surface area contributed by atoms with E-state index in [1.54, 1.807) is 7.11 Å². The standard InChI is InChI=1S/C11H23NO3/c1-4-7-12(8-5-2)10(11(13)14)6-9-15-3/h10H,4-9H2,1-3H3,(H,13,14). The lowest BCUT2D eigenvalue weighted by Crippen LogP contribution is -2.42. The van der Waals surface area contributed by atoms with Crippen molar-refractivity contribution < 1.29 is 14.6 Å². The van der Waals surface area contributed by atoms with Crippen LogP contribution in [0.25, 0.3) is 0 Å². The molecule has 0 saturated carbocycles. The molecule has 0 bridgehead atoms. The van der Waals surface area contributed by atoms with Gasteiger partial charge in [-0.3, -0.25) is 9.69 Å². The molecule has 4 heteroatoms. The fourth-order valence-corrected chi connectivity index (χ4v) is 1.69. The Hall–Kier alpha value is -0.610. The second-order valence-electron chi connectivity index (χ2n) is 3.67. The number of carbonyl (C=O) groups is 1. The maximum absolute atomic E-state index is 11.1. The van der Waals surface area contributed by atoms with Crippen LogP contribution in [0.4, 0.5) is 0 Å². The molecule has 4 nitrogen and oxygen atoms in total. The Morgan fingerprint density at radius 1 is 1.33 bits per heavy atom.